The summed E-state index contributed by atoms with van der Waals surface area (Å²) in [7, 11) is 0. The summed E-state index contributed by atoms with van der Waals surface area (Å²) >= 11 is 1.56. The van der Waals surface area contributed by atoms with Gasteiger partial charge in [0.05, 0.1) is 24.0 Å². The van der Waals surface area contributed by atoms with Crippen molar-refractivity contribution in [3.05, 3.63) is 101 Å². The van der Waals surface area contributed by atoms with Crippen molar-refractivity contribution in [2.75, 3.05) is 23.9 Å². The van der Waals surface area contributed by atoms with Crippen LogP contribution in [0.1, 0.15) is 57.8 Å². The summed E-state index contributed by atoms with van der Waals surface area (Å²) in [5.74, 6) is -2.29. The Morgan fingerprint density at radius 1 is 0.850 bits per heavy atom. The van der Waals surface area contributed by atoms with E-state index in [9.17, 15) is 19.2 Å². The number of carbonyl (C=O) groups excluding carboxylic acids is 4. The van der Waals surface area contributed by atoms with Crippen LogP contribution in [0, 0.1) is 11.8 Å². The molecule has 3 aromatic rings. The Morgan fingerprint density at radius 2 is 1.35 bits per heavy atom. The first kappa shape index (κ1) is 26.3. The minimum Gasteiger partial charge on any atom is -0.462 e. The lowest BCUT2D eigenvalue weighted by atomic mass is 9.55. The van der Waals surface area contributed by atoms with Gasteiger partial charge in [-0.1, -0.05) is 48.5 Å². The first-order chi connectivity index (χ1) is 19.5. The van der Waals surface area contributed by atoms with Crippen LogP contribution in [0.2, 0.25) is 0 Å². The lowest BCUT2D eigenvalue weighted by Crippen LogP contribution is -2.48. The molecular weight excluding hydrogens is 524 g/mol. The maximum absolute atomic E-state index is 14.2. The van der Waals surface area contributed by atoms with E-state index in [0.29, 0.717) is 23.4 Å². The molecule has 3 aliphatic carbocycles. The van der Waals surface area contributed by atoms with Crippen molar-refractivity contribution >= 4 is 41.1 Å². The summed E-state index contributed by atoms with van der Waals surface area (Å²) in [6, 6.07) is 21.7. The topological polar surface area (TPSA) is 92.8 Å². The van der Waals surface area contributed by atoms with Crippen LogP contribution in [0.3, 0.4) is 0 Å². The van der Waals surface area contributed by atoms with E-state index in [-0.39, 0.29) is 30.3 Å². The third-order valence-electron chi connectivity index (χ3n) is 8.36. The third-order valence-corrected chi connectivity index (χ3v) is 9.00. The Kier molecular flexibility index (Phi) is 6.96. The van der Waals surface area contributed by atoms with E-state index in [1.165, 1.54) is 4.90 Å². The normalized spacial score (nSPS) is 22.8. The highest BCUT2D eigenvalue weighted by atomic mass is 32.2. The van der Waals surface area contributed by atoms with Gasteiger partial charge in [0.2, 0.25) is 17.7 Å². The zero-order chi connectivity index (χ0) is 28.0. The first-order valence-corrected chi connectivity index (χ1v) is 15.0. The number of esters is 1. The lowest BCUT2D eigenvalue weighted by Gasteiger charge is -2.45. The van der Waals surface area contributed by atoms with E-state index in [0.717, 1.165) is 22.3 Å². The number of hydrogen-bond acceptors (Lipinski definition) is 6. The fourth-order valence-electron chi connectivity index (χ4n) is 6.74. The van der Waals surface area contributed by atoms with Crippen molar-refractivity contribution in [2.45, 2.75) is 31.2 Å². The van der Waals surface area contributed by atoms with E-state index in [1.807, 2.05) is 30.5 Å². The van der Waals surface area contributed by atoms with Gasteiger partial charge < -0.3 is 10.1 Å². The molecule has 0 radical (unpaired) electrons. The zero-order valence-electron chi connectivity index (χ0n) is 22.3. The molecule has 40 heavy (non-hydrogen) atoms. The SMILES string of the molecule is CCOC(=O)c1ccc(NC(=O)[C@H](CCSC)N2C(=O)[C@@H]3C4c5ccccc5C(c5ccccc54)[C@@H]3C2=O)cc1. The summed E-state index contributed by atoms with van der Waals surface area (Å²) in [6.45, 7) is 2.01. The number of likely N-dealkylation sites (tertiary alicyclic amines) is 1. The molecular formula is C32H30N2O5S. The number of carbonyl (C=O) groups is 4. The standard InChI is InChI=1S/C32H30N2O5S/c1-3-39-32(38)18-12-14-19(15-13-18)33-29(35)24(16-17-40-2)34-30(36)27-25-20-8-4-5-9-21(20)26(28(27)31(34)37)23-11-7-6-10-22(23)25/h4-15,24-28H,3,16-17H2,1-2H3,(H,33,35)/t24-,25?,26?,27-,28+/m0/s1. The van der Waals surface area contributed by atoms with Gasteiger partial charge >= 0.3 is 5.97 Å². The number of imide groups is 1. The van der Waals surface area contributed by atoms with Crippen LogP contribution >= 0.6 is 11.8 Å². The van der Waals surface area contributed by atoms with Gasteiger partial charge in [-0.05, 0) is 71.9 Å². The van der Waals surface area contributed by atoms with Gasteiger partial charge in [0.1, 0.15) is 6.04 Å². The number of anilines is 1. The van der Waals surface area contributed by atoms with Crippen molar-refractivity contribution in [1.29, 1.82) is 0 Å². The molecule has 204 valence electrons. The number of nitrogens with one attached hydrogen (secondary N) is 1. The van der Waals surface area contributed by atoms with Crippen LogP contribution in [-0.4, -0.2) is 53.2 Å². The molecule has 1 N–H and O–H groups in total. The lowest BCUT2D eigenvalue weighted by molar-refractivity contribution is -0.146. The maximum atomic E-state index is 14.2. The molecule has 3 aromatic carbocycles. The highest BCUT2D eigenvalue weighted by Gasteiger charge is 2.62. The predicted octanol–water partition coefficient (Wildman–Crippen LogP) is 4.82. The number of rotatable bonds is 8. The molecule has 2 bridgehead atoms. The maximum Gasteiger partial charge on any atom is 0.338 e. The average molecular weight is 555 g/mol. The van der Waals surface area contributed by atoms with Gasteiger partial charge in [-0.2, -0.15) is 11.8 Å². The summed E-state index contributed by atoms with van der Waals surface area (Å²) in [4.78, 5) is 55.3. The number of ether oxygens (including phenoxy) is 1. The largest absolute Gasteiger partial charge is 0.462 e. The van der Waals surface area contributed by atoms with Crippen molar-refractivity contribution < 1.29 is 23.9 Å². The van der Waals surface area contributed by atoms with Gasteiger partial charge in [0, 0.05) is 17.5 Å². The van der Waals surface area contributed by atoms with Crippen molar-refractivity contribution in [3.63, 3.8) is 0 Å². The van der Waals surface area contributed by atoms with E-state index in [2.05, 4.69) is 29.6 Å². The molecule has 7 nitrogen and oxygen atoms in total. The van der Waals surface area contributed by atoms with E-state index in [4.69, 9.17) is 4.74 Å². The Labute approximate surface area is 237 Å². The molecule has 1 aliphatic heterocycles. The number of amides is 3. The smallest absolute Gasteiger partial charge is 0.338 e. The monoisotopic (exact) mass is 554 g/mol. The van der Waals surface area contributed by atoms with Crippen LogP contribution in [0.25, 0.3) is 0 Å². The minimum atomic E-state index is -0.937. The molecule has 1 saturated heterocycles. The highest BCUT2D eigenvalue weighted by molar-refractivity contribution is 7.98. The molecule has 0 spiro atoms. The average Bonchev–Trinajstić information content (AvgIpc) is 3.24. The molecule has 3 amide bonds. The van der Waals surface area contributed by atoms with Gasteiger partial charge in [-0.3, -0.25) is 19.3 Å². The van der Waals surface area contributed by atoms with Crippen molar-refractivity contribution in [1.82, 2.24) is 4.90 Å². The first-order valence-electron chi connectivity index (χ1n) is 13.6. The molecule has 8 heteroatoms. The summed E-state index contributed by atoms with van der Waals surface area (Å²) in [6.07, 6.45) is 2.28. The Balaban J connectivity index is 1.32. The van der Waals surface area contributed by atoms with Crippen LogP contribution in [0.5, 0.6) is 0 Å². The molecule has 3 atom stereocenters. The van der Waals surface area contributed by atoms with Crippen LogP contribution < -0.4 is 5.32 Å². The van der Waals surface area contributed by atoms with Crippen molar-refractivity contribution in [2.24, 2.45) is 11.8 Å². The Morgan fingerprint density at radius 3 is 1.80 bits per heavy atom. The molecule has 0 unspecified atom stereocenters. The van der Waals surface area contributed by atoms with Gasteiger partial charge in [-0.25, -0.2) is 4.79 Å². The number of thioether (sulfide) groups is 1. The zero-order valence-corrected chi connectivity index (χ0v) is 23.1. The van der Waals surface area contributed by atoms with Crippen LogP contribution in [0.15, 0.2) is 72.8 Å². The number of benzene rings is 3. The van der Waals surface area contributed by atoms with Crippen molar-refractivity contribution in [3.8, 4) is 0 Å². The van der Waals surface area contributed by atoms with Gasteiger partial charge in [0.15, 0.2) is 0 Å². The molecule has 0 aromatic heterocycles. The third kappa shape index (κ3) is 4.13. The molecule has 1 heterocycles. The molecule has 1 fully saturated rings. The minimum absolute atomic E-state index is 0.219. The number of nitrogens with zero attached hydrogens (tertiary/aromatic N) is 1. The van der Waals surface area contributed by atoms with Crippen LogP contribution in [-0.2, 0) is 19.1 Å². The second kappa shape index (κ2) is 10.6. The second-order valence-electron chi connectivity index (χ2n) is 10.4. The van der Waals surface area contributed by atoms with E-state index in [1.54, 1.807) is 43.0 Å². The predicted molar refractivity (Wildman–Crippen MR) is 153 cm³/mol. The second-order valence-corrected chi connectivity index (χ2v) is 11.4. The fraction of sp³-hybridized carbons (Fsp3) is 0.312. The Bertz CT molecular complexity index is 1390. The molecule has 4 aliphatic rings. The van der Waals surface area contributed by atoms with Crippen LogP contribution in [0.4, 0.5) is 5.69 Å². The van der Waals surface area contributed by atoms with Gasteiger partial charge in [0.25, 0.3) is 0 Å². The summed E-state index contributed by atoms with van der Waals surface area (Å²) < 4.78 is 5.03. The van der Waals surface area contributed by atoms with E-state index < -0.39 is 29.8 Å². The fourth-order valence-corrected chi connectivity index (χ4v) is 7.20. The Hall–Kier alpha value is -3.91. The number of hydrogen-bond donors (Lipinski definition) is 1. The highest BCUT2D eigenvalue weighted by Crippen LogP contribution is 2.61. The molecule has 7 rings (SSSR count). The van der Waals surface area contributed by atoms with Gasteiger partial charge in [-0.15, -0.1) is 0 Å². The summed E-state index contributed by atoms with van der Waals surface area (Å²) in [5, 5.41) is 2.87. The summed E-state index contributed by atoms with van der Waals surface area (Å²) in [5.41, 5.74) is 5.25. The molecule has 0 saturated carbocycles. The van der Waals surface area contributed by atoms with E-state index >= 15 is 0 Å². The quantitative estimate of drug-likeness (QED) is 0.317.